The van der Waals surface area contributed by atoms with Crippen molar-refractivity contribution in [2.24, 2.45) is 0 Å². The molecule has 1 aromatic carbocycles. The van der Waals surface area contributed by atoms with Crippen molar-refractivity contribution in [3.05, 3.63) is 33.9 Å². The molecule has 3 amide bonds. The lowest BCUT2D eigenvalue weighted by Gasteiger charge is -2.19. The van der Waals surface area contributed by atoms with Gasteiger partial charge in [0.05, 0.1) is 17.6 Å². The zero-order valence-corrected chi connectivity index (χ0v) is 13.0. The summed E-state index contributed by atoms with van der Waals surface area (Å²) >= 11 is 0. The van der Waals surface area contributed by atoms with Crippen molar-refractivity contribution in [1.82, 2.24) is 10.2 Å². The van der Waals surface area contributed by atoms with Crippen molar-refractivity contribution >= 4 is 23.6 Å². The molecule has 1 heterocycles. The number of urea groups is 1. The average molecular weight is 337 g/mol. The Balaban J connectivity index is 2.22. The number of benzene rings is 1. The number of nitrogens with zero attached hydrogens (tertiary/aromatic N) is 2. The van der Waals surface area contributed by atoms with E-state index in [1.54, 1.807) is 0 Å². The maximum absolute atomic E-state index is 12.2. The first-order valence-electron chi connectivity index (χ1n) is 6.97. The molecule has 1 aliphatic rings. The van der Waals surface area contributed by atoms with Crippen LogP contribution in [0.1, 0.15) is 17.3 Å². The van der Waals surface area contributed by atoms with E-state index in [4.69, 9.17) is 4.74 Å². The summed E-state index contributed by atoms with van der Waals surface area (Å²) in [7, 11) is 1.15. The van der Waals surface area contributed by atoms with Crippen molar-refractivity contribution < 1.29 is 28.8 Å². The maximum Gasteiger partial charge on any atom is 0.338 e. The van der Waals surface area contributed by atoms with Gasteiger partial charge in [0, 0.05) is 19.2 Å². The van der Waals surface area contributed by atoms with Crippen molar-refractivity contribution in [1.29, 1.82) is 0 Å². The number of nitro benzene ring substituents is 1. The molecular formula is C14H15N3O7. The summed E-state index contributed by atoms with van der Waals surface area (Å²) in [6.07, 6.45) is -1.11. The summed E-state index contributed by atoms with van der Waals surface area (Å²) in [4.78, 5) is 46.5. The highest BCUT2D eigenvalue weighted by Crippen LogP contribution is 2.29. The van der Waals surface area contributed by atoms with Gasteiger partial charge in [-0.1, -0.05) is 0 Å². The minimum absolute atomic E-state index is 0.0190. The zero-order valence-electron chi connectivity index (χ0n) is 13.0. The molecule has 128 valence electrons. The van der Waals surface area contributed by atoms with Gasteiger partial charge in [-0.3, -0.25) is 19.8 Å². The van der Waals surface area contributed by atoms with Gasteiger partial charge in [-0.2, -0.15) is 0 Å². The molecular weight excluding hydrogens is 322 g/mol. The van der Waals surface area contributed by atoms with Crippen LogP contribution in [0.4, 0.5) is 10.5 Å². The molecule has 1 aliphatic heterocycles. The van der Waals surface area contributed by atoms with E-state index in [1.807, 2.05) is 0 Å². The number of hydrogen-bond acceptors (Lipinski definition) is 7. The number of carbonyl (C=O) groups is 3. The number of esters is 1. The van der Waals surface area contributed by atoms with Gasteiger partial charge in [-0.25, -0.2) is 9.59 Å². The molecule has 0 saturated carbocycles. The summed E-state index contributed by atoms with van der Waals surface area (Å²) in [5.41, 5.74) is -0.502. The number of nitrogens with one attached hydrogen (secondary N) is 1. The number of nitro groups is 1. The lowest BCUT2D eigenvalue weighted by Crippen LogP contribution is -2.42. The lowest BCUT2D eigenvalue weighted by molar-refractivity contribution is -0.386. The summed E-state index contributed by atoms with van der Waals surface area (Å²) in [6, 6.07) is 2.96. The third-order valence-electron chi connectivity index (χ3n) is 3.35. The Bertz CT molecular complexity index is 704. The monoisotopic (exact) mass is 337 g/mol. The Kier molecular flexibility index (Phi) is 4.97. The Labute approximate surface area is 136 Å². The molecule has 2 rings (SSSR count). The molecule has 1 N–H and O–H groups in total. The second-order valence-electron chi connectivity index (χ2n) is 4.91. The van der Waals surface area contributed by atoms with Crippen LogP contribution in [0.25, 0.3) is 0 Å². The van der Waals surface area contributed by atoms with Gasteiger partial charge in [-0.15, -0.1) is 0 Å². The van der Waals surface area contributed by atoms with E-state index in [9.17, 15) is 24.5 Å². The molecule has 0 radical (unpaired) electrons. The third kappa shape index (κ3) is 3.42. The Morgan fingerprint density at radius 1 is 1.42 bits per heavy atom. The third-order valence-corrected chi connectivity index (χ3v) is 3.35. The van der Waals surface area contributed by atoms with Gasteiger partial charge in [0.25, 0.3) is 5.91 Å². The smallest absolute Gasteiger partial charge is 0.338 e. The molecule has 0 aromatic heterocycles. The van der Waals surface area contributed by atoms with Gasteiger partial charge in [0.2, 0.25) is 0 Å². The van der Waals surface area contributed by atoms with Crippen LogP contribution in [-0.4, -0.2) is 54.0 Å². The van der Waals surface area contributed by atoms with E-state index in [0.717, 1.165) is 18.1 Å². The van der Waals surface area contributed by atoms with E-state index >= 15 is 0 Å². The fourth-order valence-electron chi connectivity index (χ4n) is 2.15. The molecule has 1 aromatic rings. The number of rotatable bonds is 5. The molecule has 10 heteroatoms. The van der Waals surface area contributed by atoms with Crippen LogP contribution in [0.15, 0.2) is 18.2 Å². The summed E-state index contributed by atoms with van der Waals surface area (Å²) in [5, 5.41) is 13.6. The Morgan fingerprint density at radius 2 is 2.12 bits per heavy atom. The SMILES string of the molecule is COC(=O)c1ccc(OC(C)C(=O)N2CCNC2=O)c([N+](=O)[O-])c1. The lowest BCUT2D eigenvalue weighted by atomic mass is 10.2. The largest absolute Gasteiger partial charge is 0.474 e. The molecule has 1 fully saturated rings. The van der Waals surface area contributed by atoms with Crippen LogP contribution in [0, 0.1) is 10.1 Å². The molecule has 10 nitrogen and oxygen atoms in total. The Morgan fingerprint density at radius 3 is 2.67 bits per heavy atom. The number of amides is 3. The molecule has 24 heavy (non-hydrogen) atoms. The second kappa shape index (κ2) is 6.94. The maximum atomic E-state index is 12.2. The number of ether oxygens (including phenoxy) is 2. The van der Waals surface area contributed by atoms with Gasteiger partial charge >= 0.3 is 17.7 Å². The van der Waals surface area contributed by atoms with E-state index in [0.29, 0.717) is 6.54 Å². The van der Waals surface area contributed by atoms with Gasteiger partial charge in [0.15, 0.2) is 11.9 Å². The predicted molar refractivity (Wildman–Crippen MR) is 79.6 cm³/mol. The van der Waals surface area contributed by atoms with Crippen LogP contribution in [-0.2, 0) is 9.53 Å². The van der Waals surface area contributed by atoms with E-state index in [1.165, 1.54) is 19.1 Å². The molecule has 1 saturated heterocycles. The van der Waals surface area contributed by atoms with Gasteiger partial charge in [-0.05, 0) is 19.1 Å². The van der Waals surface area contributed by atoms with Crippen molar-refractivity contribution in [3.63, 3.8) is 0 Å². The average Bonchev–Trinajstić information content (AvgIpc) is 2.99. The quantitative estimate of drug-likeness (QED) is 0.476. The minimum Gasteiger partial charge on any atom is -0.474 e. The van der Waals surface area contributed by atoms with Crippen LogP contribution in [0.2, 0.25) is 0 Å². The van der Waals surface area contributed by atoms with Gasteiger partial charge < -0.3 is 14.8 Å². The van der Waals surface area contributed by atoms with Crippen molar-refractivity contribution in [2.75, 3.05) is 20.2 Å². The van der Waals surface area contributed by atoms with Crippen LogP contribution in [0.5, 0.6) is 5.75 Å². The summed E-state index contributed by atoms with van der Waals surface area (Å²) in [5.74, 6) is -1.54. The Hall–Kier alpha value is -3.17. The van der Waals surface area contributed by atoms with Crippen LogP contribution < -0.4 is 10.1 Å². The highest BCUT2D eigenvalue weighted by atomic mass is 16.6. The van der Waals surface area contributed by atoms with E-state index in [2.05, 4.69) is 10.1 Å². The van der Waals surface area contributed by atoms with Crippen molar-refractivity contribution in [2.45, 2.75) is 13.0 Å². The summed E-state index contributed by atoms with van der Waals surface area (Å²) < 4.78 is 9.83. The minimum atomic E-state index is -1.11. The standard InChI is InChI=1S/C14H15N3O7/c1-8(12(18)16-6-5-15-14(16)20)24-11-4-3-9(13(19)23-2)7-10(11)17(21)22/h3-4,7-8H,5-6H2,1-2H3,(H,15,20). The number of imide groups is 1. The number of carbonyl (C=O) groups excluding carboxylic acids is 3. The van der Waals surface area contributed by atoms with Crippen molar-refractivity contribution in [3.8, 4) is 5.75 Å². The summed E-state index contributed by atoms with van der Waals surface area (Å²) in [6.45, 7) is 1.92. The zero-order chi connectivity index (χ0) is 17.9. The first kappa shape index (κ1) is 17.2. The fourth-order valence-corrected chi connectivity index (χ4v) is 2.15. The topological polar surface area (TPSA) is 128 Å². The molecule has 0 aliphatic carbocycles. The van der Waals surface area contributed by atoms with E-state index in [-0.39, 0.29) is 17.9 Å². The van der Waals surface area contributed by atoms with Crippen LogP contribution in [0.3, 0.4) is 0 Å². The highest BCUT2D eigenvalue weighted by Gasteiger charge is 2.32. The molecule has 1 atom stereocenters. The molecule has 0 bridgehead atoms. The molecule has 1 unspecified atom stereocenters. The first-order chi connectivity index (χ1) is 11.3. The first-order valence-corrected chi connectivity index (χ1v) is 6.97. The normalized spacial score (nSPS) is 14.8. The molecule has 0 spiro atoms. The van der Waals surface area contributed by atoms with E-state index < -0.39 is 34.6 Å². The predicted octanol–water partition coefficient (Wildman–Crippen LogP) is 0.701. The number of methoxy groups -OCH3 is 1. The fraction of sp³-hybridized carbons (Fsp3) is 0.357. The number of hydrogen-bond donors (Lipinski definition) is 1. The second-order valence-corrected chi connectivity index (χ2v) is 4.91. The van der Waals surface area contributed by atoms with Crippen LogP contribution >= 0.6 is 0 Å². The van der Waals surface area contributed by atoms with Gasteiger partial charge in [0.1, 0.15) is 0 Å². The highest BCUT2D eigenvalue weighted by molar-refractivity contribution is 5.98.